The van der Waals surface area contributed by atoms with Crippen LogP contribution in [0.2, 0.25) is 10.0 Å². The number of carbonyl (C=O) groups excluding carboxylic acids is 1. The van der Waals surface area contributed by atoms with Crippen molar-refractivity contribution >= 4 is 29.1 Å². The van der Waals surface area contributed by atoms with E-state index < -0.39 is 0 Å². The normalized spacial score (nSPS) is 16.4. The fourth-order valence-corrected chi connectivity index (χ4v) is 2.13. The van der Waals surface area contributed by atoms with Crippen molar-refractivity contribution < 1.29 is 4.79 Å². The molecule has 0 spiro atoms. The first-order valence-corrected chi connectivity index (χ1v) is 6.80. The molecule has 0 radical (unpaired) electrons. The summed E-state index contributed by atoms with van der Waals surface area (Å²) in [7, 11) is 0. The third-order valence-electron chi connectivity index (χ3n) is 2.96. The number of benzene rings is 1. The summed E-state index contributed by atoms with van der Waals surface area (Å²) in [5.41, 5.74) is 0.826. The molecule has 1 saturated carbocycles. The largest absolute Gasteiger partial charge is 0.352 e. The van der Waals surface area contributed by atoms with E-state index in [1.54, 1.807) is 18.2 Å². The second kappa shape index (κ2) is 5.91. The number of rotatable bonds is 5. The minimum absolute atomic E-state index is 0.0284. The van der Waals surface area contributed by atoms with Gasteiger partial charge in [-0.25, -0.2) is 0 Å². The smallest absolute Gasteiger partial charge is 0.237 e. The zero-order valence-corrected chi connectivity index (χ0v) is 11.7. The maximum Gasteiger partial charge on any atom is 0.237 e. The van der Waals surface area contributed by atoms with Crippen LogP contribution in [0.5, 0.6) is 0 Å². The van der Waals surface area contributed by atoms with E-state index in [1.807, 2.05) is 6.92 Å². The molecule has 1 unspecified atom stereocenters. The standard InChI is InChI=1S/C13H16Cl2N2O/c1-8(13(18)17-9-5-6-9)16-7-10-11(14)3-2-4-12(10)15/h2-4,8-9,16H,5-7H2,1H3,(H,17,18). The molecule has 0 aromatic heterocycles. The number of carbonyl (C=O) groups is 1. The number of hydrogen-bond donors (Lipinski definition) is 2. The molecular formula is C13H16Cl2N2O. The summed E-state index contributed by atoms with van der Waals surface area (Å²) < 4.78 is 0. The molecule has 1 aromatic rings. The van der Waals surface area contributed by atoms with Gasteiger partial charge in [-0.1, -0.05) is 29.3 Å². The lowest BCUT2D eigenvalue weighted by Crippen LogP contribution is -2.42. The highest BCUT2D eigenvalue weighted by atomic mass is 35.5. The van der Waals surface area contributed by atoms with E-state index in [1.165, 1.54) is 0 Å². The zero-order valence-electron chi connectivity index (χ0n) is 10.2. The van der Waals surface area contributed by atoms with Gasteiger partial charge >= 0.3 is 0 Å². The van der Waals surface area contributed by atoms with Crippen molar-refractivity contribution in [1.82, 2.24) is 10.6 Å². The summed E-state index contributed by atoms with van der Waals surface area (Å²) in [6, 6.07) is 5.51. The van der Waals surface area contributed by atoms with Crippen molar-refractivity contribution in [3.63, 3.8) is 0 Å². The summed E-state index contributed by atoms with van der Waals surface area (Å²) in [5.74, 6) is 0.0284. The van der Waals surface area contributed by atoms with Crippen molar-refractivity contribution in [2.24, 2.45) is 0 Å². The molecule has 0 heterocycles. The quantitative estimate of drug-likeness (QED) is 0.874. The molecule has 1 fully saturated rings. The van der Waals surface area contributed by atoms with Crippen molar-refractivity contribution in [3.8, 4) is 0 Å². The van der Waals surface area contributed by atoms with Crippen LogP contribution in [0.15, 0.2) is 18.2 Å². The summed E-state index contributed by atoms with van der Waals surface area (Å²) in [4.78, 5) is 11.7. The molecule has 0 bridgehead atoms. The van der Waals surface area contributed by atoms with Crippen LogP contribution >= 0.6 is 23.2 Å². The highest BCUT2D eigenvalue weighted by molar-refractivity contribution is 6.35. The molecule has 98 valence electrons. The molecule has 1 aliphatic rings. The first-order valence-electron chi connectivity index (χ1n) is 6.04. The van der Waals surface area contributed by atoms with E-state index in [0.717, 1.165) is 18.4 Å². The fourth-order valence-electron chi connectivity index (χ4n) is 1.60. The molecule has 1 aliphatic carbocycles. The average molecular weight is 287 g/mol. The predicted molar refractivity (Wildman–Crippen MR) is 73.9 cm³/mol. The van der Waals surface area contributed by atoms with Gasteiger partial charge in [0.2, 0.25) is 5.91 Å². The number of hydrogen-bond acceptors (Lipinski definition) is 2. The summed E-state index contributed by atoms with van der Waals surface area (Å²) in [6.07, 6.45) is 2.18. The van der Waals surface area contributed by atoms with Crippen molar-refractivity contribution in [3.05, 3.63) is 33.8 Å². The van der Waals surface area contributed by atoms with Crippen LogP contribution in [0.3, 0.4) is 0 Å². The van der Waals surface area contributed by atoms with Crippen LogP contribution < -0.4 is 10.6 Å². The summed E-state index contributed by atoms with van der Waals surface area (Å²) in [6.45, 7) is 2.32. The van der Waals surface area contributed by atoms with Gasteiger partial charge in [-0.05, 0) is 31.9 Å². The van der Waals surface area contributed by atoms with Gasteiger partial charge < -0.3 is 10.6 Å². The molecule has 2 N–H and O–H groups in total. The van der Waals surface area contributed by atoms with Gasteiger partial charge in [0.1, 0.15) is 0 Å². The van der Waals surface area contributed by atoms with Gasteiger partial charge in [-0.15, -0.1) is 0 Å². The van der Waals surface area contributed by atoms with Gasteiger partial charge in [-0.2, -0.15) is 0 Å². The van der Waals surface area contributed by atoms with E-state index in [2.05, 4.69) is 10.6 Å². The van der Waals surface area contributed by atoms with E-state index in [4.69, 9.17) is 23.2 Å². The van der Waals surface area contributed by atoms with E-state index >= 15 is 0 Å². The molecular weight excluding hydrogens is 271 g/mol. The Morgan fingerprint density at radius 1 is 1.39 bits per heavy atom. The van der Waals surface area contributed by atoms with Gasteiger partial charge in [0.05, 0.1) is 6.04 Å². The predicted octanol–water partition coefficient (Wildman–Crippen LogP) is 2.75. The monoisotopic (exact) mass is 286 g/mol. The minimum Gasteiger partial charge on any atom is -0.352 e. The Balaban J connectivity index is 1.88. The van der Waals surface area contributed by atoms with E-state index in [0.29, 0.717) is 22.6 Å². The second-order valence-electron chi connectivity index (χ2n) is 4.59. The molecule has 1 amide bonds. The van der Waals surface area contributed by atoms with Gasteiger partial charge in [0.15, 0.2) is 0 Å². The lowest BCUT2D eigenvalue weighted by atomic mass is 10.2. The summed E-state index contributed by atoms with van der Waals surface area (Å²) in [5, 5.41) is 7.32. The topological polar surface area (TPSA) is 41.1 Å². The lowest BCUT2D eigenvalue weighted by molar-refractivity contribution is -0.122. The number of halogens is 2. The van der Waals surface area contributed by atoms with Gasteiger partial charge in [-0.3, -0.25) is 4.79 Å². The maximum absolute atomic E-state index is 11.7. The minimum atomic E-state index is -0.252. The highest BCUT2D eigenvalue weighted by Gasteiger charge is 2.25. The first-order chi connectivity index (χ1) is 8.58. The fraction of sp³-hybridized carbons (Fsp3) is 0.462. The Bertz CT molecular complexity index is 426. The molecule has 1 aromatic carbocycles. The third kappa shape index (κ3) is 3.61. The first kappa shape index (κ1) is 13.7. The van der Waals surface area contributed by atoms with Crippen LogP contribution in [0.1, 0.15) is 25.3 Å². The number of amides is 1. The Kier molecular flexibility index (Phi) is 4.49. The second-order valence-corrected chi connectivity index (χ2v) is 5.40. The molecule has 5 heteroatoms. The van der Waals surface area contributed by atoms with Crippen molar-refractivity contribution in [2.75, 3.05) is 0 Å². The molecule has 0 saturated heterocycles. The van der Waals surface area contributed by atoms with E-state index in [9.17, 15) is 4.79 Å². The van der Waals surface area contributed by atoms with Crippen molar-refractivity contribution in [2.45, 2.75) is 38.4 Å². The van der Waals surface area contributed by atoms with Crippen LogP contribution in [-0.4, -0.2) is 18.0 Å². The Morgan fingerprint density at radius 2 is 2.00 bits per heavy atom. The summed E-state index contributed by atoms with van der Waals surface area (Å²) >= 11 is 12.1. The molecule has 0 aliphatic heterocycles. The van der Waals surface area contributed by atoms with Crippen LogP contribution in [0.4, 0.5) is 0 Å². The molecule has 1 atom stereocenters. The third-order valence-corrected chi connectivity index (χ3v) is 3.67. The molecule has 18 heavy (non-hydrogen) atoms. The van der Waals surface area contributed by atoms with E-state index in [-0.39, 0.29) is 11.9 Å². The van der Waals surface area contributed by atoms with Crippen LogP contribution in [-0.2, 0) is 11.3 Å². The zero-order chi connectivity index (χ0) is 13.1. The lowest BCUT2D eigenvalue weighted by Gasteiger charge is -2.15. The Hall–Kier alpha value is -0.770. The molecule has 2 rings (SSSR count). The van der Waals surface area contributed by atoms with Crippen molar-refractivity contribution in [1.29, 1.82) is 0 Å². The Morgan fingerprint density at radius 3 is 2.56 bits per heavy atom. The van der Waals surface area contributed by atoms with Gasteiger partial charge in [0.25, 0.3) is 0 Å². The Labute approximate surface area is 117 Å². The van der Waals surface area contributed by atoms with Crippen LogP contribution in [0.25, 0.3) is 0 Å². The van der Waals surface area contributed by atoms with Gasteiger partial charge in [0, 0.05) is 28.2 Å². The molecule has 3 nitrogen and oxygen atoms in total. The van der Waals surface area contributed by atoms with Crippen LogP contribution in [0, 0.1) is 0 Å². The SMILES string of the molecule is CC(NCc1c(Cl)cccc1Cl)C(=O)NC1CC1. The maximum atomic E-state index is 11.7. The highest BCUT2D eigenvalue weighted by Crippen LogP contribution is 2.24. The average Bonchev–Trinajstić information content (AvgIpc) is 3.12. The number of nitrogens with one attached hydrogen (secondary N) is 2.